The van der Waals surface area contributed by atoms with Crippen LogP contribution in [0.5, 0.6) is 0 Å². The first-order valence-electron chi connectivity index (χ1n) is 12.4. The lowest BCUT2D eigenvalue weighted by Gasteiger charge is -2.25. The molecule has 1 aromatic heterocycles. The maximum absolute atomic E-state index is 13.6. The van der Waals surface area contributed by atoms with Gasteiger partial charge in [0.2, 0.25) is 0 Å². The Morgan fingerprint density at radius 2 is 1.67 bits per heavy atom. The summed E-state index contributed by atoms with van der Waals surface area (Å²) in [5, 5.41) is 4.50. The van der Waals surface area contributed by atoms with Gasteiger partial charge in [-0.1, -0.05) is 47.5 Å². The molecule has 0 radical (unpaired) electrons. The summed E-state index contributed by atoms with van der Waals surface area (Å²) >= 11 is 6.20. The van der Waals surface area contributed by atoms with Gasteiger partial charge >= 0.3 is 0 Å². The molecule has 0 atom stereocenters. The Hall–Kier alpha value is -3.88. The van der Waals surface area contributed by atoms with Crippen molar-refractivity contribution in [2.75, 3.05) is 10.8 Å². The summed E-state index contributed by atoms with van der Waals surface area (Å²) in [6.45, 7) is 9.20. The largest absolute Gasteiger partial charge is 0.318 e. The fourth-order valence-corrected chi connectivity index (χ4v) is 6.05. The van der Waals surface area contributed by atoms with Gasteiger partial charge in [0.1, 0.15) is 6.54 Å². The Morgan fingerprint density at radius 1 is 0.949 bits per heavy atom. The van der Waals surface area contributed by atoms with Gasteiger partial charge in [0.05, 0.1) is 16.8 Å². The lowest BCUT2D eigenvalue weighted by molar-refractivity contribution is -0.119. The molecule has 0 bridgehead atoms. The Kier molecular flexibility index (Phi) is 8.28. The standard InChI is InChI=1S/C30H31ClN4O3S/c1-20-9-13-28(14-10-20)39(37,38)34(29-17-26(31)12-11-22(29)3)19-30(36)33-32-18-25-16-23(4)35(24(25)5)27-8-6-7-21(2)15-27/h6-18H,19H2,1-5H3,(H,33,36)/b32-18+. The number of hydrogen-bond acceptors (Lipinski definition) is 4. The third-order valence-corrected chi connectivity index (χ3v) is 8.47. The molecule has 0 aliphatic rings. The van der Waals surface area contributed by atoms with Crippen molar-refractivity contribution in [1.82, 2.24) is 9.99 Å². The number of amides is 1. The third-order valence-electron chi connectivity index (χ3n) is 6.46. The van der Waals surface area contributed by atoms with E-state index in [0.29, 0.717) is 16.3 Å². The highest BCUT2D eigenvalue weighted by Gasteiger charge is 2.28. The number of hydrogen-bond donors (Lipinski definition) is 1. The summed E-state index contributed by atoms with van der Waals surface area (Å²) in [7, 11) is -4.07. The van der Waals surface area contributed by atoms with Crippen molar-refractivity contribution in [1.29, 1.82) is 0 Å². The lowest BCUT2D eigenvalue weighted by Crippen LogP contribution is -2.40. The molecular formula is C30H31ClN4O3S. The van der Waals surface area contributed by atoms with E-state index < -0.39 is 22.5 Å². The van der Waals surface area contributed by atoms with E-state index in [9.17, 15) is 13.2 Å². The van der Waals surface area contributed by atoms with E-state index >= 15 is 0 Å². The number of sulfonamides is 1. The van der Waals surface area contributed by atoms with Crippen molar-refractivity contribution < 1.29 is 13.2 Å². The van der Waals surface area contributed by atoms with E-state index in [1.54, 1.807) is 43.5 Å². The molecule has 7 nitrogen and oxygen atoms in total. The van der Waals surface area contributed by atoms with Crippen LogP contribution in [-0.2, 0) is 14.8 Å². The molecule has 0 fully saturated rings. The zero-order valence-electron chi connectivity index (χ0n) is 22.6. The molecule has 1 heterocycles. The van der Waals surface area contributed by atoms with Crippen molar-refractivity contribution in [2.45, 2.75) is 39.5 Å². The Labute approximate surface area is 234 Å². The van der Waals surface area contributed by atoms with Crippen LogP contribution in [0.2, 0.25) is 5.02 Å². The molecule has 1 N–H and O–H groups in total. The monoisotopic (exact) mass is 562 g/mol. The SMILES string of the molecule is Cc1ccc(S(=O)(=O)N(CC(=O)N/N=C/c2cc(C)n(-c3cccc(C)c3)c2C)c2cc(Cl)ccc2C)cc1. The van der Waals surface area contributed by atoms with Crippen LogP contribution in [0.1, 0.15) is 33.6 Å². The first-order valence-corrected chi connectivity index (χ1v) is 14.2. The highest BCUT2D eigenvalue weighted by atomic mass is 35.5. The number of aromatic nitrogens is 1. The van der Waals surface area contributed by atoms with Gasteiger partial charge in [-0.05, 0) is 88.2 Å². The second-order valence-corrected chi connectivity index (χ2v) is 11.8. The minimum atomic E-state index is -4.07. The van der Waals surface area contributed by atoms with Gasteiger partial charge in [-0.2, -0.15) is 5.10 Å². The topological polar surface area (TPSA) is 83.8 Å². The van der Waals surface area contributed by atoms with E-state index in [0.717, 1.165) is 38.1 Å². The van der Waals surface area contributed by atoms with E-state index in [1.807, 2.05) is 52.0 Å². The van der Waals surface area contributed by atoms with Crippen LogP contribution in [0.25, 0.3) is 5.69 Å². The molecule has 0 spiro atoms. The molecule has 0 saturated carbocycles. The molecule has 4 aromatic rings. The molecule has 0 saturated heterocycles. The summed E-state index contributed by atoms with van der Waals surface area (Å²) in [6.07, 6.45) is 1.57. The highest BCUT2D eigenvalue weighted by molar-refractivity contribution is 7.92. The van der Waals surface area contributed by atoms with Gasteiger partial charge in [0.15, 0.2) is 0 Å². The number of nitrogens with one attached hydrogen (secondary N) is 1. The molecule has 0 unspecified atom stereocenters. The van der Waals surface area contributed by atoms with E-state index in [1.165, 1.54) is 12.1 Å². The number of hydrazone groups is 1. The maximum Gasteiger partial charge on any atom is 0.264 e. The summed E-state index contributed by atoms with van der Waals surface area (Å²) in [5.41, 5.74) is 9.42. The van der Waals surface area contributed by atoms with Crippen LogP contribution in [0, 0.1) is 34.6 Å². The van der Waals surface area contributed by atoms with Crippen LogP contribution >= 0.6 is 11.6 Å². The van der Waals surface area contributed by atoms with Crippen molar-refractivity contribution in [3.63, 3.8) is 0 Å². The summed E-state index contributed by atoms with van der Waals surface area (Å²) in [5.74, 6) is -0.589. The van der Waals surface area contributed by atoms with Gasteiger partial charge < -0.3 is 4.57 Å². The second-order valence-electron chi connectivity index (χ2n) is 9.55. The van der Waals surface area contributed by atoms with Crippen molar-refractivity contribution in [3.8, 4) is 5.69 Å². The fourth-order valence-electron chi connectivity index (χ4n) is 4.41. The molecule has 39 heavy (non-hydrogen) atoms. The number of aryl methyl sites for hydroxylation is 4. The number of benzene rings is 3. The number of anilines is 1. The quantitative estimate of drug-likeness (QED) is 0.210. The first-order chi connectivity index (χ1) is 18.5. The van der Waals surface area contributed by atoms with Gasteiger partial charge in [0.25, 0.3) is 15.9 Å². The highest BCUT2D eigenvalue weighted by Crippen LogP contribution is 2.29. The Morgan fingerprint density at radius 3 is 2.36 bits per heavy atom. The smallest absolute Gasteiger partial charge is 0.264 e. The fraction of sp³-hybridized carbons (Fsp3) is 0.200. The van der Waals surface area contributed by atoms with Gasteiger partial charge in [-0.3, -0.25) is 9.10 Å². The third kappa shape index (κ3) is 6.24. The van der Waals surface area contributed by atoms with Crippen LogP contribution in [0.4, 0.5) is 5.69 Å². The zero-order valence-corrected chi connectivity index (χ0v) is 24.1. The van der Waals surface area contributed by atoms with Crippen LogP contribution < -0.4 is 9.73 Å². The molecule has 1 amide bonds. The molecule has 0 aliphatic carbocycles. The number of carbonyl (C=O) groups excluding carboxylic acids is 1. The van der Waals surface area contributed by atoms with E-state index in [2.05, 4.69) is 21.2 Å². The average Bonchev–Trinajstić information content (AvgIpc) is 3.17. The summed E-state index contributed by atoms with van der Waals surface area (Å²) < 4.78 is 30.5. The second kappa shape index (κ2) is 11.5. The molecule has 0 aliphatic heterocycles. The van der Waals surface area contributed by atoms with Crippen molar-refractivity contribution in [3.05, 3.63) is 111 Å². The van der Waals surface area contributed by atoms with Gasteiger partial charge in [-0.15, -0.1) is 0 Å². The van der Waals surface area contributed by atoms with E-state index in [-0.39, 0.29) is 4.90 Å². The minimum Gasteiger partial charge on any atom is -0.318 e. The molecule has 3 aromatic carbocycles. The predicted octanol–water partition coefficient (Wildman–Crippen LogP) is 6.02. The van der Waals surface area contributed by atoms with Crippen LogP contribution in [-0.4, -0.2) is 31.7 Å². The average molecular weight is 563 g/mol. The first kappa shape index (κ1) is 28.1. The predicted molar refractivity (Wildman–Crippen MR) is 158 cm³/mol. The maximum atomic E-state index is 13.6. The van der Waals surface area contributed by atoms with Gasteiger partial charge in [0, 0.05) is 27.7 Å². The molecule has 4 rings (SSSR count). The van der Waals surface area contributed by atoms with Crippen LogP contribution in [0.15, 0.2) is 82.8 Å². The summed E-state index contributed by atoms with van der Waals surface area (Å²) in [4.78, 5) is 13.1. The van der Waals surface area contributed by atoms with Crippen LogP contribution in [0.3, 0.4) is 0 Å². The zero-order chi connectivity index (χ0) is 28.3. The number of nitrogens with zero attached hydrogens (tertiary/aromatic N) is 3. The number of halogens is 1. The summed E-state index contributed by atoms with van der Waals surface area (Å²) in [6, 6.07) is 21.6. The lowest BCUT2D eigenvalue weighted by atomic mass is 10.2. The van der Waals surface area contributed by atoms with Gasteiger partial charge in [-0.25, -0.2) is 13.8 Å². The number of carbonyl (C=O) groups is 1. The molecular weight excluding hydrogens is 532 g/mol. The Balaban J connectivity index is 1.59. The normalized spacial score (nSPS) is 11.6. The van der Waals surface area contributed by atoms with Crippen molar-refractivity contribution >= 4 is 39.4 Å². The van der Waals surface area contributed by atoms with E-state index in [4.69, 9.17) is 11.6 Å². The van der Waals surface area contributed by atoms with Crippen molar-refractivity contribution in [2.24, 2.45) is 5.10 Å². The molecule has 9 heteroatoms. The minimum absolute atomic E-state index is 0.0763. The Bertz CT molecular complexity index is 1660. The number of rotatable bonds is 8. The molecule has 202 valence electrons.